The number of aliphatic hydroxyl groups is 1. The maximum atomic E-state index is 11.4. The van der Waals surface area contributed by atoms with Gasteiger partial charge >= 0.3 is 5.97 Å². The van der Waals surface area contributed by atoms with E-state index in [9.17, 15) is 4.79 Å². The molecule has 0 amide bonds. The normalized spacial score (nSPS) is 13.9. The van der Waals surface area contributed by atoms with E-state index >= 15 is 0 Å². The van der Waals surface area contributed by atoms with E-state index in [0.29, 0.717) is 39.5 Å². The van der Waals surface area contributed by atoms with Crippen molar-refractivity contribution in [1.29, 1.82) is 0 Å². The number of rotatable bonds is 14. The van der Waals surface area contributed by atoms with E-state index in [1.807, 2.05) is 20.8 Å². The highest BCUT2D eigenvalue weighted by Gasteiger charge is 2.11. The summed E-state index contributed by atoms with van der Waals surface area (Å²) in [5, 5.41) is 8.60. The molecule has 2 unspecified atom stereocenters. The Kier molecular flexibility index (Phi) is 13.8. The fourth-order valence-corrected chi connectivity index (χ4v) is 1.38. The molecule has 0 saturated carbocycles. The molecule has 0 aliphatic heterocycles. The van der Waals surface area contributed by atoms with Crippen LogP contribution in [0.25, 0.3) is 0 Å². The van der Waals surface area contributed by atoms with Crippen molar-refractivity contribution in [1.82, 2.24) is 0 Å². The van der Waals surface area contributed by atoms with Gasteiger partial charge in [0.2, 0.25) is 0 Å². The number of hydrogen-bond donors (Lipinski definition) is 1. The lowest BCUT2D eigenvalue weighted by Gasteiger charge is -2.13. The molecule has 1 N–H and O–H groups in total. The summed E-state index contributed by atoms with van der Waals surface area (Å²) in [6, 6.07) is 0. The Bertz CT molecular complexity index is 246. The first-order valence-corrected chi connectivity index (χ1v) is 7.66. The second kappa shape index (κ2) is 14.3. The van der Waals surface area contributed by atoms with Crippen LogP contribution in [0.5, 0.6) is 0 Å². The molecule has 126 valence electrons. The molecule has 0 aliphatic carbocycles. The predicted molar refractivity (Wildman–Crippen MR) is 79.2 cm³/mol. The molecule has 0 heterocycles. The minimum absolute atomic E-state index is 0.00414. The minimum Gasteiger partial charge on any atom is -0.463 e. The summed E-state index contributed by atoms with van der Waals surface area (Å²) in [7, 11) is 0. The zero-order valence-electron chi connectivity index (χ0n) is 13.5. The van der Waals surface area contributed by atoms with Gasteiger partial charge in [-0.1, -0.05) is 13.8 Å². The van der Waals surface area contributed by atoms with Crippen LogP contribution in [0.3, 0.4) is 0 Å². The van der Waals surface area contributed by atoms with Crippen LogP contribution in [-0.4, -0.2) is 63.4 Å². The Hall–Kier alpha value is -0.690. The van der Waals surface area contributed by atoms with Gasteiger partial charge in [0.25, 0.3) is 0 Å². The molecule has 0 fully saturated rings. The van der Waals surface area contributed by atoms with Crippen LogP contribution in [0.1, 0.15) is 33.6 Å². The van der Waals surface area contributed by atoms with E-state index < -0.39 is 0 Å². The first-order chi connectivity index (χ1) is 10.1. The Morgan fingerprint density at radius 2 is 1.76 bits per heavy atom. The first kappa shape index (κ1) is 20.3. The summed E-state index contributed by atoms with van der Waals surface area (Å²) < 4.78 is 21.2. The minimum atomic E-state index is -0.175. The van der Waals surface area contributed by atoms with Gasteiger partial charge in [-0.2, -0.15) is 0 Å². The maximum absolute atomic E-state index is 11.4. The second-order valence-corrected chi connectivity index (χ2v) is 4.92. The van der Waals surface area contributed by atoms with E-state index in [-0.39, 0.29) is 31.2 Å². The molecule has 0 spiro atoms. The van der Waals surface area contributed by atoms with Gasteiger partial charge in [-0.25, -0.2) is 0 Å². The van der Waals surface area contributed by atoms with E-state index in [1.165, 1.54) is 0 Å². The first-order valence-electron chi connectivity index (χ1n) is 7.66. The molecular weight excluding hydrogens is 276 g/mol. The molecule has 0 aromatic heterocycles. The monoisotopic (exact) mass is 306 g/mol. The highest BCUT2D eigenvalue weighted by Crippen LogP contribution is 2.02. The number of hydrogen-bond acceptors (Lipinski definition) is 6. The van der Waals surface area contributed by atoms with Gasteiger partial charge in [0.1, 0.15) is 6.61 Å². The van der Waals surface area contributed by atoms with Crippen molar-refractivity contribution in [2.24, 2.45) is 5.92 Å². The zero-order valence-corrected chi connectivity index (χ0v) is 13.5. The molecule has 0 radical (unpaired) electrons. The predicted octanol–water partition coefficient (Wildman–Crippen LogP) is 1.40. The molecule has 0 rings (SSSR count). The van der Waals surface area contributed by atoms with Crippen molar-refractivity contribution >= 4 is 5.97 Å². The van der Waals surface area contributed by atoms with Gasteiger partial charge in [0, 0.05) is 13.2 Å². The standard InChI is InChI=1S/C15H30O6/c1-4-13(2)15(17)21-11-9-18-8-10-20-14(3)12-19-7-5-6-16/h13-14,16H,4-12H2,1-3H3. The lowest BCUT2D eigenvalue weighted by Crippen LogP contribution is -2.20. The largest absolute Gasteiger partial charge is 0.463 e. The van der Waals surface area contributed by atoms with Crippen molar-refractivity contribution in [3.05, 3.63) is 0 Å². The summed E-state index contributed by atoms with van der Waals surface area (Å²) in [6.45, 7) is 8.52. The van der Waals surface area contributed by atoms with E-state index in [1.54, 1.807) is 0 Å². The van der Waals surface area contributed by atoms with Crippen LogP contribution in [0.15, 0.2) is 0 Å². The summed E-state index contributed by atoms with van der Waals surface area (Å²) in [4.78, 5) is 11.4. The molecule has 0 saturated heterocycles. The van der Waals surface area contributed by atoms with E-state index in [4.69, 9.17) is 24.1 Å². The van der Waals surface area contributed by atoms with Crippen molar-refractivity contribution < 1.29 is 28.8 Å². The second-order valence-electron chi connectivity index (χ2n) is 4.92. The summed E-state index contributed by atoms with van der Waals surface area (Å²) in [5.41, 5.74) is 0. The molecule has 0 aromatic rings. The van der Waals surface area contributed by atoms with Crippen molar-refractivity contribution in [2.75, 3.05) is 46.2 Å². The smallest absolute Gasteiger partial charge is 0.308 e. The number of ether oxygens (including phenoxy) is 4. The number of esters is 1. The Labute approximate surface area is 127 Å². The summed E-state index contributed by atoms with van der Waals surface area (Å²) >= 11 is 0. The zero-order chi connectivity index (χ0) is 15.9. The lowest BCUT2D eigenvalue weighted by atomic mass is 10.1. The third-order valence-corrected chi connectivity index (χ3v) is 2.92. The fraction of sp³-hybridized carbons (Fsp3) is 0.933. The highest BCUT2D eigenvalue weighted by atomic mass is 16.6. The third kappa shape index (κ3) is 12.7. The van der Waals surface area contributed by atoms with E-state index in [2.05, 4.69) is 0 Å². The molecule has 6 heteroatoms. The Balaban J connectivity index is 3.30. The van der Waals surface area contributed by atoms with Gasteiger partial charge in [0.05, 0.1) is 38.4 Å². The topological polar surface area (TPSA) is 74.2 Å². The van der Waals surface area contributed by atoms with Crippen LogP contribution in [0.4, 0.5) is 0 Å². The van der Waals surface area contributed by atoms with Crippen molar-refractivity contribution in [3.63, 3.8) is 0 Å². The van der Waals surface area contributed by atoms with Crippen LogP contribution in [0.2, 0.25) is 0 Å². The number of carbonyl (C=O) groups is 1. The van der Waals surface area contributed by atoms with Gasteiger partial charge in [-0.05, 0) is 19.8 Å². The van der Waals surface area contributed by atoms with Crippen LogP contribution in [0, 0.1) is 5.92 Å². The average Bonchev–Trinajstić information content (AvgIpc) is 2.49. The molecular formula is C15H30O6. The molecule has 0 aliphatic rings. The van der Waals surface area contributed by atoms with Crippen molar-refractivity contribution in [2.45, 2.75) is 39.7 Å². The summed E-state index contributed by atoms with van der Waals surface area (Å²) in [6.07, 6.45) is 1.42. The van der Waals surface area contributed by atoms with Crippen LogP contribution in [-0.2, 0) is 23.7 Å². The fourth-order valence-electron chi connectivity index (χ4n) is 1.38. The molecule has 0 bridgehead atoms. The highest BCUT2D eigenvalue weighted by molar-refractivity contribution is 5.71. The molecule has 21 heavy (non-hydrogen) atoms. The van der Waals surface area contributed by atoms with E-state index in [0.717, 1.165) is 6.42 Å². The van der Waals surface area contributed by atoms with Crippen molar-refractivity contribution in [3.8, 4) is 0 Å². The quantitative estimate of drug-likeness (QED) is 0.386. The Morgan fingerprint density at radius 3 is 2.43 bits per heavy atom. The van der Waals surface area contributed by atoms with Crippen LogP contribution >= 0.6 is 0 Å². The molecule has 6 nitrogen and oxygen atoms in total. The van der Waals surface area contributed by atoms with Gasteiger partial charge < -0.3 is 24.1 Å². The summed E-state index contributed by atoms with van der Waals surface area (Å²) in [5.74, 6) is -0.231. The number of carbonyl (C=O) groups excluding carboxylic acids is 1. The SMILES string of the molecule is CCC(C)C(=O)OCCOCCOC(C)COCCCO. The lowest BCUT2D eigenvalue weighted by molar-refractivity contribution is -0.149. The average molecular weight is 306 g/mol. The molecule has 0 aromatic carbocycles. The molecule has 2 atom stereocenters. The van der Waals surface area contributed by atoms with Gasteiger partial charge in [0.15, 0.2) is 0 Å². The van der Waals surface area contributed by atoms with Crippen LogP contribution < -0.4 is 0 Å². The maximum Gasteiger partial charge on any atom is 0.308 e. The number of aliphatic hydroxyl groups excluding tert-OH is 1. The Morgan fingerprint density at radius 1 is 1.05 bits per heavy atom. The van der Waals surface area contributed by atoms with Gasteiger partial charge in [-0.3, -0.25) is 4.79 Å². The van der Waals surface area contributed by atoms with Gasteiger partial charge in [-0.15, -0.1) is 0 Å². The third-order valence-electron chi connectivity index (χ3n) is 2.92.